The van der Waals surface area contributed by atoms with Gasteiger partial charge >= 0.3 is 5.97 Å². The van der Waals surface area contributed by atoms with Crippen molar-refractivity contribution in [2.45, 2.75) is 38.1 Å². The van der Waals surface area contributed by atoms with Crippen LogP contribution in [0.4, 0.5) is 0 Å². The summed E-state index contributed by atoms with van der Waals surface area (Å²) in [7, 11) is 0. The fourth-order valence-corrected chi connectivity index (χ4v) is 2.22. The molecule has 74 valence electrons. The van der Waals surface area contributed by atoms with Crippen molar-refractivity contribution in [2.24, 2.45) is 23.5 Å². The van der Waals surface area contributed by atoms with Gasteiger partial charge in [-0.1, -0.05) is 0 Å². The lowest BCUT2D eigenvalue weighted by Crippen LogP contribution is -2.29. The Morgan fingerprint density at radius 2 is 2.23 bits per heavy atom. The maximum atomic E-state index is 10.4. The number of carbonyl (C=O) groups is 1. The molecule has 2 saturated carbocycles. The van der Waals surface area contributed by atoms with Gasteiger partial charge in [0.1, 0.15) is 6.04 Å². The Hall–Kier alpha value is -0.570. The lowest BCUT2D eigenvalue weighted by molar-refractivity contribution is -0.138. The average molecular weight is 183 g/mol. The van der Waals surface area contributed by atoms with Gasteiger partial charge in [-0.15, -0.1) is 0 Å². The first-order chi connectivity index (χ1) is 6.18. The van der Waals surface area contributed by atoms with Gasteiger partial charge in [0.25, 0.3) is 0 Å². The maximum absolute atomic E-state index is 10.4. The van der Waals surface area contributed by atoms with Crippen LogP contribution in [0, 0.1) is 17.8 Å². The molecule has 0 aromatic rings. The van der Waals surface area contributed by atoms with E-state index in [1.807, 2.05) is 0 Å². The van der Waals surface area contributed by atoms with Gasteiger partial charge in [0.15, 0.2) is 0 Å². The third-order valence-corrected chi connectivity index (χ3v) is 3.37. The van der Waals surface area contributed by atoms with E-state index in [1.54, 1.807) is 0 Å². The number of carboxylic acid groups (broad SMARTS) is 1. The van der Waals surface area contributed by atoms with E-state index >= 15 is 0 Å². The molecular formula is C10H17NO2. The van der Waals surface area contributed by atoms with Crippen LogP contribution < -0.4 is 5.73 Å². The van der Waals surface area contributed by atoms with E-state index in [2.05, 4.69) is 0 Å². The number of hydrogen-bond donors (Lipinski definition) is 2. The van der Waals surface area contributed by atoms with Crippen LogP contribution >= 0.6 is 0 Å². The summed E-state index contributed by atoms with van der Waals surface area (Å²) >= 11 is 0. The van der Waals surface area contributed by atoms with Gasteiger partial charge in [-0.25, -0.2) is 0 Å². The third-order valence-electron chi connectivity index (χ3n) is 3.37. The lowest BCUT2D eigenvalue weighted by atomic mass is 10.1. The van der Waals surface area contributed by atoms with Crippen molar-refractivity contribution in [3.05, 3.63) is 0 Å². The minimum absolute atomic E-state index is 0.638. The Kier molecular flexibility index (Phi) is 2.28. The van der Waals surface area contributed by atoms with Gasteiger partial charge in [-0.05, 0) is 49.9 Å². The van der Waals surface area contributed by atoms with Crippen molar-refractivity contribution in [1.29, 1.82) is 0 Å². The molecule has 0 heterocycles. The Morgan fingerprint density at radius 1 is 1.54 bits per heavy atom. The normalized spacial score (nSPS) is 34.2. The second kappa shape index (κ2) is 3.29. The van der Waals surface area contributed by atoms with Crippen molar-refractivity contribution in [3.8, 4) is 0 Å². The Bertz CT molecular complexity index is 213. The predicted octanol–water partition coefficient (Wildman–Crippen LogP) is 1.22. The van der Waals surface area contributed by atoms with Crippen LogP contribution in [0.5, 0.6) is 0 Å². The molecular weight excluding hydrogens is 166 g/mol. The molecule has 0 aromatic heterocycles. The second-order valence-corrected chi connectivity index (χ2v) is 4.52. The van der Waals surface area contributed by atoms with Crippen molar-refractivity contribution >= 4 is 5.97 Å². The summed E-state index contributed by atoms with van der Waals surface area (Å²) in [6.45, 7) is 0. The Balaban J connectivity index is 1.61. The van der Waals surface area contributed by atoms with Crippen LogP contribution in [-0.2, 0) is 4.79 Å². The monoisotopic (exact) mass is 183 g/mol. The van der Waals surface area contributed by atoms with Crippen molar-refractivity contribution in [3.63, 3.8) is 0 Å². The lowest BCUT2D eigenvalue weighted by Gasteiger charge is -2.04. The smallest absolute Gasteiger partial charge is 0.320 e. The molecule has 0 bridgehead atoms. The summed E-state index contributed by atoms with van der Waals surface area (Å²) in [4.78, 5) is 10.4. The van der Waals surface area contributed by atoms with Gasteiger partial charge < -0.3 is 10.8 Å². The Morgan fingerprint density at radius 3 is 2.77 bits per heavy atom. The van der Waals surface area contributed by atoms with Crippen LogP contribution in [0.2, 0.25) is 0 Å². The van der Waals surface area contributed by atoms with Crippen LogP contribution in [0.15, 0.2) is 0 Å². The molecule has 2 rings (SSSR count). The molecule has 0 unspecified atom stereocenters. The molecule has 3 heteroatoms. The van der Waals surface area contributed by atoms with Crippen molar-refractivity contribution in [1.82, 2.24) is 0 Å². The highest BCUT2D eigenvalue weighted by molar-refractivity contribution is 5.72. The zero-order chi connectivity index (χ0) is 9.42. The van der Waals surface area contributed by atoms with Crippen LogP contribution in [0.3, 0.4) is 0 Å². The summed E-state index contributed by atoms with van der Waals surface area (Å²) in [5.41, 5.74) is 5.43. The number of nitrogens with two attached hydrogens (primary N) is 1. The highest BCUT2D eigenvalue weighted by atomic mass is 16.4. The Labute approximate surface area is 78.3 Å². The molecule has 2 aliphatic rings. The molecule has 0 saturated heterocycles. The maximum Gasteiger partial charge on any atom is 0.320 e. The number of hydrogen-bond acceptors (Lipinski definition) is 2. The standard InChI is InChI=1S/C10H17NO2/c11-9(10(12)13)4-3-7-5-8(7)6-1-2-6/h6-9H,1-5,11H2,(H,12,13)/t7-,8+,9-/m1/s1. The molecule has 0 radical (unpaired) electrons. The van der Waals surface area contributed by atoms with Crippen LogP contribution in [-0.4, -0.2) is 17.1 Å². The molecule has 3 atom stereocenters. The summed E-state index contributed by atoms with van der Waals surface area (Å²) in [6.07, 6.45) is 5.83. The number of carboxylic acids is 1. The second-order valence-electron chi connectivity index (χ2n) is 4.52. The quantitative estimate of drug-likeness (QED) is 0.673. The summed E-state index contributed by atoms with van der Waals surface area (Å²) in [5, 5.41) is 8.58. The molecule has 2 fully saturated rings. The summed E-state index contributed by atoms with van der Waals surface area (Å²) in [5.74, 6) is 1.87. The zero-order valence-electron chi connectivity index (χ0n) is 7.78. The van der Waals surface area contributed by atoms with Crippen LogP contribution in [0.1, 0.15) is 32.1 Å². The highest BCUT2D eigenvalue weighted by Crippen LogP contribution is 2.55. The first-order valence-corrected chi connectivity index (χ1v) is 5.17. The highest BCUT2D eigenvalue weighted by Gasteiger charge is 2.46. The van der Waals surface area contributed by atoms with Crippen molar-refractivity contribution < 1.29 is 9.90 Å². The average Bonchev–Trinajstić information content (AvgIpc) is 2.91. The van der Waals surface area contributed by atoms with E-state index in [9.17, 15) is 4.79 Å². The molecule has 0 amide bonds. The van der Waals surface area contributed by atoms with E-state index in [-0.39, 0.29) is 0 Å². The first-order valence-electron chi connectivity index (χ1n) is 5.17. The van der Waals surface area contributed by atoms with Gasteiger partial charge in [-0.3, -0.25) is 4.79 Å². The minimum atomic E-state index is -0.858. The molecule has 0 spiro atoms. The largest absolute Gasteiger partial charge is 0.480 e. The third kappa shape index (κ3) is 2.21. The molecule has 3 N–H and O–H groups in total. The first kappa shape index (κ1) is 9.00. The van der Waals surface area contributed by atoms with Gasteiger partial charge in [0, 0.05) is 0 Å². The zero-order valence-corrected chi connectivity index (χ0v) is 7.78. The van der Waals surface area contributed by atoms with Crippen LogP contribution in [0.25, 0.3) is 0 Å². The summed E-state index contributed by atoms with van der Waals surface area (Å²) < 4.78 is 0. The molecule has 2 aliphatic carbocycles. The van der Waals surface area contributed by atoms with E-state index in [4.69, 9.17) is 10.8 Å². The molecule has 0 aliphatic heterocycles. The molecule has 13 heavy (non-hydrogen) atoms. The fourth-order valence-electron chi connectivity index (χ4n) is 2.22. The topological polar surface area (TPSA) is 63.3 Å². The number of rotatable bonds is 5. The number of aliphatic carboxylic acids is 1. The molecule has 0 aromatic carbocycles. The van der Waals surface area contributed by atoms with E-state index in [0.717, 1.165) is 24.2 Å². The summed E-state index contributed by atoms with van der Waals surface area (Å²) in [6, 6.07) is -0.638. The molecule has 3 nitrogen and oxygen atoms in total. The predicted molar refractivity (Wildman–Crippen MR) is 49.2 cm³/mol. The SMILES string of the molecule is N[C@H](CC[C@@H]1C[C@H]1C1CC1)C(=O)O. The van der Waals surface area contributed by atoms with E-state index in [0.29, 0.717) is 6.42 Å². The van der Waals surface area contributed by atoms with Gasteiger partial charge in [0.05, 0.1) is 0 Å². The minimum Gasteiger partial charge on any atom is -0.480 e. The van der Waals surface area contributed by atoms with Gasteiger partial charge in [-0.2, -0.15) is 0 Å². The van der Waals surface area contributed by atoms with Gasteiger partial charge in [0.2, 0.25) is 0 Å². The van der Waals surface area contributed by atoms with E-state index in [1.165, 1.54) is 19.3 Å². The fraction of sp³-hybridized carbons (Fsp3) is 0.900. The van der Waals surface area contributed by atoms with E-state index < -0.39 is 12.0 Å². The van der Waals surface area contributed by atoms with Crippen molar-refractivity contribution in [2.75, 3.05) is 0 Å².